The molecule has 2 saturated heterocycles. The lowest BCUT2D eigenvalue weighted by molar-refractivity contribution is -0.117. The van der Waals surface area contributed by atoms with Crippen LogP contribution in [0.1, 0.15) is 28.8 Å². The van der Waals surface area contributed by atoms with Crippen LogP contribution in [0.5, 0.6) is 0 Å². The Bertz CT molecular complexity index is 1090. The summed E-state index contributed by atoms with van der Waals surface area (Å²) in [6.45, 7) is 3.78. The summed E-state index contributed by atoms with van der Waals surface area (Å²) in [5, 5.41) is 2.82. The van der Waals surface area contributed by atoms with Crippen LogP contribution < -0.4 is 10.2 Å². The van der Waals surface area contributed by atoms with Gasteiger partial charge in [-0.05, 0) is 55.3 Å². The SMILES string of the molecule is Cc1ccc(S(=O)(=O)N2CCOCC2)cc1C(=O)Nc1ccc(N2CCCC2=O)cc1. The number of anilines is 2. The van der Waals surface area contributed by atoms with Gasteiger partial charge in [0, 0.05) is 43.0 Å². The Hall–Kier alpha value is -2.75. The second kappa shape index (κ2) is 8.78. The average molecular weight is 444 g/mol. The molecule has 0 radical (unpaired) electrons. The summed E-state index contributed by atoms with van der Waals surface area (Å²) in [6.07, 6.45) is 1.40. The summed E-state index contributed by atoms with van der Waals surface area (Å²) in [4.78, 5) is 26.6. The molecule has 2 aliphatic heterocycles. The molecule has 0 aromatic heterocycles. The van der Waals surface area contributed by atoms with Crippen molar-refractivity contribution in [1.29, 1.82) is 0 Å². The van der Waals surface area contributed by atoms with Gasteiger partial charge in [0.15, 0.2) is 0 Å². The second-order valence-electron chi connectivity index (χ2n) is 7.64. The second-order valence-corrected chi connectivity index (χ2v) is 9.58. The van der Waals surface area contributed by atoms with Gasteiger partial charge >= 0.3 is 0 Å². The number of benzene rings is 2. The average Bonchev–Trinajstić information content (AvgIpc) is 3.21. The number of carbonyl (C=O) groups is 2. The minimum atomic E-state index is -3.69. The number of hydrogen-bond acceptors (Lipinski definition) is 5. The molecule has 2 aliphatic rings. The number of rotatable bonds is 5. The lowest BCUT2D eigenvalue weighted by atomic mass is 10.1. The Morgan fingerprint density at radius 1 is 1.03 bits per heavy atom. The molecule has 0 atom stereocenters. The molecule has 2 amide bonds. The number of nitrogens with zero attached hydrogens (tertiary/aromatic N) is 2. The van der Waals surface area contributed by atoms with E-state index in [1.165, 1.54) is 16.4 Å². The molecule has 0 bridgehead atoms. The smallest absolute Gasteiger partial charge is 0.255 e. The van der Waals surface area contributed by atoms with Crippen LogP contribution in [0.15, 0.2) is 47.4 Å². The molecule has 4 rings (SSSR count). The first-order valence-corrected chi connectivity index (χ1v) is 11.7. The summed E-state index contributed by atoms with van der Waals surface area (Å²) in [5.74, 6) is -0.285. The molecule has 9 heteroatoms. The highest BCUT2D eigenvalue weighted by Gasteiger charge is 2.27. The predicted octanol–water partition coefficient (Wildman–Crippen LogP) is 2.40. The van der Waals surface area contributed by atoms with Crippen molar-refractivity contribution in [3.05, 3.63) is 53.6 Å². The number of ether oxygens (including phenoxy) is 1. The summed E-state index contributed by atoms with van der Waals surface area (Å²) >= 11 is 0. The van der Waals surface area contributed by atoms with Crippen molar-refractivity contribution in [1.82, 2.24) is 4.31 Å². The van der Waals surface area contributed by atoms with E-state index in [1.807, 2.05) is 0 Å². The maximum absolute atomic E-state index is 12.9. The van der Waals surface area contributed by atoms with E-state index < -0.39 is 10.0 Å². The molecular weight excluding hydrogens is 418 g/mol. The zero-order valence-electron chi connectivity index (χ0n) is 17.3. The number of carbonyl (C=O) groups excluding carboxylic acids is 2. The first kappa shape index (κ1) is 21.5. The molecule has 2 fully saturated rings. The summed E-state index contributed by atoms with van der Waals surface area (Å²) in [7, 11) is -3.69. The van der Waals surface area contributed by atoms with Gasteiger partial charge in [0.05, 0.1) is 18.1 Å². The van der Waals surface area contributed by atoms with Crippen LogP contribution in [0.2, 0.25) is 0 Å². The largest absolute Gasteiger partial charge is 0.379 e. The van der Waals surface area contributed by atoms with Gasteiger partial charge in [-0.3, -0.25) is 9.59 Å². The van der Waals surface area contributed by atoms with Crippen LogP contribution in [-0.2, 0) is 19.6 Å². The minimum absolute atomic E-state index is 0.0908. The zero-order chi connectivity index (χ0) is 22.0. The van der Waals surface area contributed by atoms with E-state index in [1.54, 1.807) is 42.2 Å². The predicted molar refractivity (Wildman–Crippen MR) is 117 cm³/mol. The number of nitrogens with one attached hydrogen (secondary N) is 1. The van der Waals surface area contributed by atoms with Crippen LogP contribution >= 0.6 is 0 Å². The summed E-state index contributed by atoms with van der Waals surface area (Å²) < 4.78 is 32.5. The number of amides is 2. The lowest BCUT2D eigenvalue weighted by Crippen LogP contribution is -2.40. The highest BCUT2D eigenvalue weighted by Crippen LogP contribution is 2.24. The van der Waals surface area contributed by atoms with Gasteiger partial charge in [-0.2, -0.15) is 4.31 Å². The Morgan fingerprint density at radius 2 is 1.74 bits per heavy atom. The molecular formula is C22H25N3O5S. The van der Waals surface area contributed by atoms with Gasteiger partial charge in [-0.15, -0.1) is 0 Å². The molecule has 0 saturated carbocycles. The molecule has 2 aromatic carbocycles. The van der Waals surface area contributed by atoms with Crippen LogP contribution in [0.25, 0.3) is 0 Å². The van der Waals surface area contributed by atoms with Crippen molar-refractivity contribution in [2.45, 2.75) is 24.7 Å². The highest BCUT2D eigenvalue weighted by atomic mass is 32.2. The van der Waals surface area contributed by atoms with Crippen LogP contribution in [0.4, 0.5) is 11.4 Å². The lowest BCUT2D eigenvalue weighted by Gasteiger charge is -2.26. The monoisotopic (exact) mass is 443 g/mol. The maximum Gasteiger partial charge on any atom is 0.255 e. The van der Waals surface area contributed by atoms with Crippen molar-refractivity contribution < 1.29 is 22.7 Å². The van der Waals surface area contributed by atoms with Gasteiger partial charge < -0.3 is 15.0 Å². The van der Waals surface area contributed by atoms with Gasteiger partial charge in [-0.1, -0.05) is 6.07 Å². The van der Waals surface area contributed by atoms with E-state index in [0.29, 0.717) is 56.1 Å². The third-order valence-corrected chi connectivity index (χ3v) is 7.47. The van der Waals surface area contributed by atoms with E-state index in [4.69, 9.17) is 4.74 Å². The Kier molecular flexibility index (Phi) is 6.08. The first-order valence-electron chi connectivity index (χ1n) is 10.3. The summed E-state index contributed by atoms with van der Waals surface area (Å²) in [5.41, 5.74) is 2.35. The Morgan fingerprint density at radius 3 is 2.39 bits per heavy atom. The van der Waals surface area contributed by atoms with Crippen LogP contribution in [-0.4, -0.2) is 57.4 Å². The van der Waals surface area contributed by atoms with Crippen molar-refractivity contribution in [3.63, 3.8) is 0 Å². The van der Waals surface area contributed by atoms with Gasteiger partial charge in [0.25, 0.3) is 5.91 Å². The fourth-order valence-electron chi connectivity index (χ4n) is 3.79. The third kappa shape index (κ3) is 4.48. The van der Waals surface area contributed by atoms with Gasteiger partial charge in [0.1, 0.15) is 0 Å². The van der Waals surface area contributed by atoms with Crippen molar-refractivity contribution in [2.75, 3.05) is 43.1 Å². The van der Waals surface area contributed by atoms with Crippen molar-refractivity contribution in [2.24, 2.45) is 0 Å². The standard InChI is InChI=1S/C22H25N3O5S/c1-16-4-9-19(31(28,29)24-11-13-30-14-12-24)15-20(16)22(27)23-17-5-7-18(8-6-17)25-10-2-3-21(25)26/h4-9,15H,2-3,10-14H2,1H3,(H,23,27). The van der Waals surface area contributed by atoms with E-state index >= 15 is 0 Å². The molecule has 2 aromatic rings. The minimum Gasteiger partial charge on any atom is -0.379 e. The van der Waals surface area contributed by atoms with E-state index in [9.17, 15) is 18.0 Å². The molecule has 1 N–H and O–H groups in total. The van der Waals surface area contributed by atoms with Crippen LogP contribution in [0, 0.1) is 6.92 Å². The first-order chi connectivity index (χ1) is 14.9. The quantitative estimate of drug-likeness (QED) is 0.766. The van der Waals surface area contributed by atoms with Crippen molar-refractivity contribution >= 4 is 33.2 Å². The maximum atomic E-state index is 12.9. The fourth-order valence-corrected chi connectivity index (χ4v) is 5.22. The summed E-state index contributed by atoms with van der Waals surface area (Å²) in [6, 6.07) is 11.7. The molecule has 164 valence electrons. The van der Waals surface area contributed by atoms with Crippen LogP contribution in [0.3, 0.4) is 0 Å². The Labute approximate surface area is 181 Å². The van der Waals surface area contributed by atoms with Gasteiger partial charge in [0.2, 0.25) is 15.9 Å². The molecule has 0 unspecified atom stereocenters. The number of morpholine rings is 1. The molecule has 0 spiro atoms. The Balaban J connectivity index is 1.52. The zero-order valence-corrected chi connectivity index (χ0v) is 18.2. The number of hydrogen-bond donors (Lipinski definition) is 1. The topological polar surface area (TPSA) is 96.0 Å². The number of sulfonamides is 1. The normalized spacial score (nSPS) is 17.7. The highest BCUT2D eigenvalue weighted by molar-refractivity contribution is 7.89. The molecule has 0 aliphatic carbocycles. The van der Waals surface area contributed by atoms with E-state index in [2.05, 4.69) is 5.32 Å². The van der Waals surface area contributed by atoms with Gasteiger partial charge in [-0.25, -0.2) is 8.42 Å². The molecule has 2 heterocycles. The third-order valence-electron chi connectivity index (χ3n) is 5.57. The fraction of sp³-hybridized carbons (Fsp3) is 0.364. The molecule has 8 nitrogen and oxygen atoms in total. The van der Waals surface area contributed by atoms with Crippen molar-refractivity contribution in [3.8, 4) is 0 Å². The van der Waals surface area contributed by atoms with E-state index in [-0.39, 0.29) is 16.7 Å². The number of aryl methyl sites for hydroxylation is 1. The molecule has 31 heavy (non-hydrogen) atoms. The van der Waals surface area contributed by atoms with E-state index in [0.717, 1.165) is 12.1 Å².